The first-order chi connectivity index (χ1) is 26.4. The van der Waals surface area contributed by atoms with Crippen molar-refractivity contribution < 1.29 is 47.1 Å². The Hall–Kier alpha value is -2.29. The summed E-state index contributed by atoms with van der Waals surface area (Å²) < 4.78 is 55.8. The molecule has 2 aromatic rings. The largest absolute Gasteiger partial charge is 0.411 e. The van der Waals surface area contributed by atoms with E-state index < -0.39 is 25.3 Å². The fourth-order valence-corrected chi connectivity index (χ4v) is 8.23. The van der Waals surface area contributed by atoms with Gasteiger partial charge in [-0.15, -0.1) is 0 Å². The predicted octanol–water partition coefficient (Wildman–Crippen LogP) is 9.16. The fourth-order valence-electron chi connectivity index (χ4n) is 6.90. The number of hydrogen-bond donors (Lipinski definition) is 0. The van der Waals surface area contributed by atoms with Crippen molar-refractivity contribution in [3.05, 3.63) is 83.9 Å². The maximum atomic E-state index is 14.0. The normalized spacial score (nSPS) is 21.3. The van der Waals surface area contributed by atoms with E-state index in [9.17, 15) is 4.79 Å². The van der Waals surface area contributed by atoms with Gasteiger partial charge in [0.15, 0.2) is 25.7 Å². The molecule has 0 aliphatic carbocycles. The number of hydrogen-bond acceptors (Lipinski definition) is 10. The van der Waals surface area contributed by atoms with Gasteiger partial charge < -0.3 is 42.3 Å². The van der Waals surface area contributed by atoms with E-state index in [1.165, 1.54) is 0 Å². The molecule has 0 N–H and O–H groups in total. The monoisotopic (exact) mass is 798 g/mol. The number of methoxy groups -OCH3 is 1. The van der Waals surface area contributed by atoms with Gasteiger partial charge in [0.1, 0.15) is 6.79 Å². The molecule has 2 heterocycles. The SMILES string of the molecule is COCOC[C@@H](CC1(C/C=C/C(=O)C(C)(C)[C@@H]2C[C@@H](C[C@H](CCOCc3ccccc3)OCc3ccccc3)OC(C)(C)O2)OCCO1)O[Si](C)(C)C(C)(C)C. The summed E-state index contributed by atoms with van der Waals surface area (Å²) in [5.41, 5.74) is 1.42. The highest BCUT2D eigenvalue weighted by atomic mass is 28.4. The highest BCUT2D eigenvalue weighted by molar-refractivity contribution is 6.74. The third-order valence-electron chi connectivity index (χ3n) is 11.2. The molecule has 0 aromatic heterocycles. The minimum atomic E-state index is -2.14. The maximum Gasteiger partial charge on any atom is 0.192 e. The Balaban J connectivity index is 1.41. The van der Waals surface area contributed by atoms with Crippen LogP contribution in [0.4, 0.5) is 0 Å². The van der Waals surface area contributed by atoms with Crippen LogP contribution < -0.4 is 0 Å². The minimum absolute atomic E-state index is 0.0157. The molecule has 4 rings (SSSR count). The summed E-state index contributed by atoms with van der Waals surface area (Å²) in [6, 6.07) is 20.4. The van der Waals surface area contributed by atoms with Crippen molar-refractivity contribution in [2.75, 3.05) is 40.3 Å². The van der Waals surface area contributed by atoms with Crippen LogP contribution in [0.25, 0.3) is 0 Å². The third-order valence-corrected chi connectivity index (χ3v) is 15.7. The van der Waals surface area contributed by atoms with Crippen LogP contribution >= 0.6 is 0 Å². The molecule has 2 aromatic carbocycles. The molecule has 2 saturated heterocycles. The lowest BCUT2D eigenvalue weighted by Gasteiger charge is -2.46. The predicted molar refractivity (Wildman–Crippen MR) is 220 cm³/mol. The molecule has 2 aliphatic rings. The number of ketones is 1. The maximum absolute atomic E-state index is 14.0. The van der Waals surface area contributed by atoms with E-state index in [1.54, 1.807) is 13.2 Å². The lowest BCUT2D eigenvalue weighted by atomic mass is 9.78. The molecule has 0 spiro atoms. The van der Waals surface area contributed by atoms with E-state index in [-0.39, 0.29) is 42.0 Å². The lowest BCUT2D eigenvalue weighted by molar-refractivity contribution is -0.316. The van der Waals surface area contributed by atoms with E-state index in [2.05, 4.69) is 58.1 Å². The van der Waals surface area contributed by atoms with Gasteiger partial charge in [0.05, 0.1) is 62.9 Å². The van der Waals surface area contributed by atoms with E-state index in [1.807, 2.05) is 70.2 Å². The van der Waals surface area contributed by atoms with Crippen molar-refractivity contribution in [1.82, 2.24) is 0 Å². The van der Waals surface area contributed by atoms with Gasteiger partial charge in [0, 0.05) is 39.4 Å². The van der Waals surface area contributed by atoms with Gasteiger partial charge in [0.25, 0.3) is 0 Å². The molecule has 11 heteroatoms. The van der Waals surface area contributed by atoms with Crippen molar-refractivity contribution >= 4 is 14.1 Å². The second kappa shape index (κ2) is 21.1. The molecule has 0 radical (unpaired) electrons. The van der Waals surface area contributed by atoms with Crippen LogP contribution in [0.2, 0.25) is 18.1 Å². The molecular weight excluding hydrogens is 729 g/mol. The lowest BCUT2D eigenvalue weighted by Crippen LogP contribution is -2.52. The summed E-state index contributed by atoms with van der Waals surface area (Å²) in [5, 5.41) is 0.0157. The van der Waals surface area contributed by atoms with E-state index >= 15 is 0 Å². The first-order valence-electron chi connectivity index (χ1n) is 20.3. The van der Waals surface area contributed by atoms with E-state index in [4.69, 9.17) is 42.3 Å². The second-order valence-electron chi connectivity index (χ2n) is 17.7. The smallest absolute Gasteiger partial charge is 0.192 e. The summed E-state index contributed by atoms with van der Waals surface area (Å²) in [6.07, 6.45) is 5.36. The molecule has 0 bridgehead atoms. The minimum Gasteiger partial charge on any atom is -0.411 e. The summed E-state index contributed by atoms with van der Waals surface area (Å²) >= 11 is 0. The fraction of sp³-hybridized carbons (Fsp3) is 0.667. The van der Waals surface area contributed by atoms with Gasteiger partial charge in [0.2, 0.25) is 0 Å². The molecule has 0 amide bonds. The quantitative estimate of drug-likeness (QED) is 0.0469. The molecule has 10 nitrogen and oxygen atoms in total. The highest BCUT2D eigenvalue weighted by Crippen LogP contribution is 2.41. The van der Waals surface area contributed by atoms with Gasteiger partial charge in [-0.3, -0.25) is 4.79 Å². The van der Waals surface area contributed by atoms with Gasteiger partial charge in [-0.25, -0.2) is 0 Å². The van der Waals surface area contributed by atoms with Crippen LogP contribution in [-0.4, -0.2) is 90.4 Å². The Morgan fingerprint density at radius 1 is 0.893 bits per heavy atom. The zero-order chi connectivity index (χ0) is 40.9. The number of allylic oxidation sites excluding steroid dienone is 1. The molecule has 4 atom stereocenters. The number of carbonyl (C=O) groups is 1. The van der Waals surface area contributed by atoms with Gasteiger partial charge in [-0.1, -0.05) is 101 Å². The van der Waals surface area contributed by atoms with E-state index in [0.717, 1.165) is 11.1 Å². The summed E-state index contributed by atoms with van der Waals surface area (Å²) in [5.74, 6) is -1.84. The van der Waals surface area contributed by atoms with Crippen molar-refractivity contribution in [2.24, 2.45) is 5.41 Å². The third kappa shape index (κ3) is 14.5. The van der Waals surface area contributed by atoms with Gasteiger partial charge in [-0.05, 0) is 55.6 Å². The molecule has 2 aliphatic heterocycles. The first kappa shape index (κ1) is 46.4. The molecule has 0 unspecified atom stereocenters. The summed E-state index contributed by atoms with van der Waals surface area (Å²) in [4.78, 5) is 14.0. The van der Waals surface area contributed by atoms with Crippen LogP contribution in [0.15, 0.2) is 72.8 Å². The number of ether oxygens (including phenoxy) is 8. The summed E-state index contributed by atoms with van der Waals surface area (Å²) in [7, 11) is -0.534. The topological polar surface area (TPSA) is 100 Å². The van der Waals surface area contributed by atoms with Crippen LogP contribution in [-0.2, 0) is 60.3 Å². The zero-order valence-electron chi connectivity index (χ0n) is 35.8. The molecule has 0 saturated carbocycles. The Morgan fingerprint density at radius 3 is 2.12 bits per heavy atom. The number of carbonyl (C=O) groups excluding carboxylic acids is 1. The van der Waals surface area contributed by atoms with Gasteiger partial charge >= 0.3 is 0 Å². The van der Waals surface area contributed by atoms with Crippen molar-refractivity contribution in [2.45, 2.75) is 148 Å². The molecule has 2 fully saturated rings. The first-order valence-corrected chi connectivity index (χ1v) is 23.2. The van der Waals surface area contributed by atoms with Crippen molar-refractivity contribution in [3.8, 4) is 0 Å². The van der Waals surface area contributed by atoms with Crippen molar-refractivity contribution in [3.63, 3.8) is 0 Å². The number of benzene rings is 2. The zero-order valence-corrected chi connectivity index (χ0v) is 36.8. The second-order valence-corrected chi connectivity index (χ2v) is 22.5. The number of rotatable bonds is 23. The Kier molecular flexibility index (Phi) is 17.5. The van der Waals surface area contributed by atoms with Crippen LogP contribution in [0, 0.1) is 5.41 Å². The standard InChI is InChI=1S/C45H70O10Si/c1-42(2,3)56(9,10)55-39(33-49-34-47-8)30-45(51-26-27-52-45)24-17-22-40(46)43(4,5)41-29-38(53-44(6,7)54-41)28-37(50-32-36-20-15-12-16-21-36)23-25-48-31-35-18-13-11-14-19-35/h11-22,37-39,41H,23-34H2,1-10H3/b22-17+/t37-,38+,39+,41-/m0/s1. The average molecular weight is 799 g/mol. The Labute approximate surface area is 338 Å². The summed E-state index contributed by atoms with van der Waals surface area (Å²) in [6.45, 7) is 21.9. The molecular formula is C45H70O10Si. The molecule has 56 heavy (non-hydrogen) atoms. The highest BCUT2D eigenvalue weighted by Gasteiger charge is 2.47. The van der Waals surface area contributed by atoms with Crippen LogP contribution in [0.1, 0.15) is 91.7 Å². The van der Waals surface area contributed by atoms with Crippen molar-refractivity contribution in [1.29, 1.82) is 0 Å². The van der Waals surface area contributed by atoms with E-state index in [0.29, 0.717) is 71.7 Å². The molecule has 314 valence electrons. The van der Waals surface area contributed by atoms with Crippen LogP contribution in [0.5, 0.6) is 0 Å². The van der Waals surface area contributed by atoms with Crippen LogP contribution in [0.3, 0.4) is 0 Å². The Bertz CT molecular complexity index is 1470. The Morgan fingerprint density at radius 2 is 1.52 bits per heavy atom. The van der Waals surface area contributed by atoms with Gasteiger partial charge in [-0.2, -0.15) is 0 Å². The average Bonchev–Trinajstić information content (AvgIpc) is 3.59.